The lowest BCUT2D eigenvalue weighted by molar-refractivity contribution is 0.145. The van der Waals surface area contributed by atoms with Crippen LogP contribution in [0.15, 0.2) is 0 Å². The molecule has 9 heavy (non-hydrogen) atoms. The van der Waals surface area contributed by atoms with Gasteiger partial charge in [-0.3, -0.25) is 10.2 Å². The molecule has 0 aromatic heterocycles. The minimum atomic E-state index is -1.02. The van der Waals surface area contributed by atoms with Gasteiger partial charge in [-0.25, -0.2) is 4.79 Å². The molecule has 0 saturated carbocycles. The molecule has 0 aliphatic carbocycles. The van der Waals surface area contributed by atoms with Gasteiger partial charge in [0.1, 0.15) is 0 Å². The molecule has 0 rings (SSSR count). The molecule has 0 fully saturated rings. The number of carbonyl (C=O) groups is 1. The number of nitrogens with one attached hydrogen (secondary N) is 1. The maximum Gasteiger partial charge on any atom is 0.408 e. The molecule has 1 amide bonds. The van der Waals surface area contributed by atoms with Crippen LogP contribution in [0.2, 0.25) is 0 Å². The van der Waals surface area contributed by atoms with Crippen LogP contribution in [0.1, 0.15) is 0 Å². The van der Waals surface area contributed by atoms with E-state index in [1.54, 1.807) is 0 Å². The third kappa shape index (κ3) is 3.75. The predicted molar refractivity (Wildman–Crippen MR) is 30.9 cm³/mol. The Kier molecular flexibility index (Phi) is 3.74. The van der Waals surface area contributed by atoms with E-state index in [-0.39, 0.29) is 13.4 Å². The Morgan fingerprint density at radius 2 is 2.33 bits per heavy atom. The highest BCUT2D eigenvalue weighted by atomic mass is 16.4. The molecule has 0 atom stereocenters. The standard InChI is InChI=1S/C4H10N2O3/c1-6(4(8)9)2-5-3-7/h5,7H,2-3H2,1H3,(H,8,9). The van der Waals surface area contributed by atoms with Gasteiger partial charge in [0.15, 0.2) is 0 Å². The van der Waals surface area contributed by atoms with E-state index in [0.29, 0.717) is 0 Å². The van der Waals surface area contributed by atoms with Crippen molar-refractivity contribution < 1.29 is 15.0 Å². The molecule has 5 heteroatoms. The first-order valence-corrected chi connectivity index (χ1v) is 2.44. The lowest BCUT2D eigenvalue weighted by Crippen LogP contribution is -2.35. The average Bonchev–Trinajstić information content (AvgIpc) is 1.82. The van der Waals surface area contributed by atoms with Crippen LogP contribution in [0.25, 0.3) is 0 Å². The van der Waals surface area contributed by atoms with Gasteiger partial charge in [-0.1, -0.05) is 0 Å². The zero-order chi connectivity index (χ0) is 7.28. The summed E-state index contributed by atoms with van der Waals surface area (Å²) in [4.78, 5) is 11.0. The number of amides is 1. The second-order valence-corrected chi connectivity index (χ2v) is 1.55. The highest BCUT2D eigenvalue weighted by Crippen LogP contribution is 1.77. The average molecular weight is 134 g/mol. The van der Waals surface area contributed by atoms with Crippen molar-refractivity contribution in [3.8, 4) is 0 Å². The molecule has 0 aliphatic rings. The van der Waals surface area contributed by atoms with Crippen LogP contribution in [0.3, 0.4) is 0 Å². The Balaban J connectivity index is 3.27. The van der Waals surface area contributed by atoms with Crippen LogP contribution in [0.4, 0.5) is 4.79 Å². The van der Waals surface area contributed by atoms with E-state index in [0.717, 1.165) is 4.90 Å². The molecular formula is C4H10N2O3. The zero-order valence-electron chi connectivity index (χ0n) is 5.16. The van der Waals surface area contributed by atoms with Gasteiger partial charge in [0.25, 0.3) is 0 Å². The van der Waals surface area contributed by atoms with E-state index >= 15 is 0 Å². The van der Waals surface area contributed by atoms with E-state index in [4.69, 9.17) is 10.2 Å². The molecule has 0 aromatic rings. The van der Waals surface area contributed by atoms with Crippen molar-refractivity contribution in [1.29, 1.82) is 0 Å². The SMILES string of the molecule is CN(CNCO)C(=O)O. The van der Waals surface area contributed by atoms with Gasteiger partial charge in [-0.2, -0.15) is 0 Å². The predicted octanol–water partition coefficient (Wildman–Crippen LogP) is -0.907. The fourth-order valence-corrected chi connectivity index (χ4v) is 0.285. The van der Waals surface area contributed by atoms with Crippen LogP contribution in [-0.2, 0) is 0 Å². The maximum atomic E-state index is 10.0. The van der Waals surface area contributed by atoms with Crippen molar-refractivity contribution in [2.24, 2.45) is 0 Å². The number of aliphatic hydroxyl groups excluding tert-OH is 1. The van der Waals surface area contributed by atoms with Crippen LogP contribution in [-0.4, -0.2) is 41.7 Å². The molecule has 0 aliphatic heterocycles. The van der Waals surface area contributed by atoms with Gasteiger partial charge in [-0.15, -0.1) is 0 Å². The molecule has 0 radical (unpaired) electrons. The highest BCUT2D eigenvalue weighted by molar-refractivity contribution is 5.64. The van der Waals surface area contributed by atoms with Crippen LogP contribution in [0.5, 0.6) is 0 Å². The van der Waals surface area contributed by atoms with Crippen molar-refractivity contribution in [1.82, 2.24) is 10.2 Å². The topological polar surface area (TPSA) is 72.8 Å². The molecule has 0 aromatic carbocycles. The fraction of sp³-hybridized carbons (Fsp3) is 0.750. The summed E-state index contributed by atoms with van der Waals surface area (Å²) in [6.07, 6.45) is -1.02. The molecule has 0 spiro atoms. The normalized spacial score (nSPS) is 9.11. The first-order valence-electron chi connectivity index (χ1n) is 2.44. The largest absolute Gasteiger partial charge is 0.465 e. The smallest absolute Gasteiger partial charge is 0.408 e. The van der Waals surface area contributed by atoms with E-state index in [1.807, 2.05) is 0 Å². The number of carboxylic acid groups (broad SMARTS) is 1. The van der Waals surface area contributed by atoms with Gasteiger partial charge >= 0.3 is 6.09 Å². The van der Waals surface area contributed by atoms with Gasteiger partial charge in [-0.05, 0) is 0 Å². The van der Waals surface area contributed by atoms with E-state index in [1.165, 1.54) is 7.05 Å². The number of hydrogen-bond donors (Lipinski definition) is 3. The fourth-order valence-electron chi connectivity index (χ4n) is 0.285. The van der Waals surface area contributed by atoms with Gasteiger partial charge in [0.2, 0.25) is 0 Å². The van der Waals surface area contributed by atoms with Crippen molar-refractivity contribution in [2.75, 3.05) is 20.4 Å². The zero-order valence-corrected chi connectivity index (χ0v) is 5.16. The third-order valence-corrected chi connectivity index (χ3v) is 0.787. The first kappa shape index (κ1) is 8.19. The van der Waals surface area contributed by atoms with Crippen LogP contribution in [0, 0.1) is 0 Å². The Bertz CT molecular complexity index is 95.8. The summed E-state index contributed by atoms with van der Waals surface area (Å²) in [6, 6.07) is 0. The second kappa shape index (κ2) is 4.11. The Labute approximate surface area is 52.9 Å². The van der Waals surface area contributed by atoms with Gasteiger partial charge in [0.05, 0.1) is 13.4 Å². The third-order valence-electron chi connectivity index (χ3n) is 0.787. The summed E-state index contributed by atoms with van der Waals surface area (Å²) in [7, 11) is 1.41. The van der Waals surface area contributed by atoms with Crippen molar-refractivity contribution in [3.05, 3.63) is 0 Å². The molecule has 0 bridgehead atoms. The lowest BCUT2D eigenvalue weighted by atomic mass is 10.8. The van der Waals surface area contributed by atoms with Crippen molar-refractivity contribution in [2.45, 2.75) is 0 Å². The minimum absolute atomic E-state index is 0.145. The van der Waals surface area contributed by atoms with E-state index in [9.17, 15) is 4.79 Å². The summed E-state index contributed by atoms with van der Waals surface area (Å²) in [6.45, 7) is -0.0660. The Hall–Kier alpha value is -0.810. The molecule has 0 saturated heterocycles. The summed E-state index contributed by atoms with van der Waals surface area (Å²) in [5, 5.41) is 18.8. The second-order valence-electron chi connectivity index (χ2n) is 1.55. The molecular weight excluding hydrogens is 124 g/mol. The van der Waals surface area contributed by atoms with Gasteiger partial charge in [0, 0.05) is 7.05 Å². The van der Waals surface area contributed by atoms with Crippen molar-refractivity contribution in [3.63, 3.8) is 0 Å². The Morgan fingerprint density at radius 3 is 2.67 bits per heavy atom. The summed E-state index contributed by atoms with van der Waals surface area (Å²) in [5.41, 5.74) is 0. The van der Waals surface area contributed by atoms with E-state index < -0.39 is 6.09 Å². The van der Waals surface area contributed by atoms with Crippen LogP contribution < -0.4 is 5.32 Å². The number of nitrogens with zero attached hydrogens (tertiary/aromatic N) is 1. The monoisotopic (exact) mass is 134 g/mol. The number of rotatable bonds is 3. The lowest BCUT2D eigenvalue weighted by Gasteiger charge is -2.11. The molecule has 5 nitrogen and oxygen atoms in total. The van der Waals surface area contributed by atoms with Crippen molar-refractivity contribution >= 4 is 6.09 Å². The number of aliphatic hydroxyl groups is 1. The first-order chi connectivity index (χ1) is 4.18. The van der Waals surface area contributed by atoms with Crippen LogP contribution >= 0.6 is 0 Å². The maximum absolute atomic E-state index is 10.0. The summed E-state index contributed by atoms with van der Waals surface area (Å²) in [5.74, 6) is 0. The number of hydrogen-bond acceptors (Lipinski definition) is 3. The summed E-state index contributed by atoms with van der Waals surface area (Å²) >= 11 is 0. The summed E-state index contributed by atoms with van der Waals surface area (Å²) < 4.78 is 0. The Morgan fingerprint density at radius 1 is 1.78 bits per heavy atom. The molecule has 3 N–H and O–H groups in total. The molecule has 54 valence electrons. The molecule has 0 heterocycles. The molecule has 0 unspecified atom stereocenters. The van der Waals surface area contributed by atoms with Gasteiger partial charge < -0.3 is 10.2 Å². The highest BCUT2D eigenvalue weighted by Gasteiger charge is 2.01. The quantitative estimate of drug-likeness (QED) is 0.437. The minimum Gasteiger partial charge on any atom is -0.465 e. The van der Waals surface area contributed by atoms with E-state index in [2.05, 4.69) is 5.32 Å².